The molecule has 2 aromatic heterocycles. The van der Waals surface area contributed by atoms with Crippen molar-refractivity contribution in [2.75, 3.05) is 31.6 Å². The minimum atomic E-state index is -3.35. The lowest BCUT2D eigenvalue weighted by atomic mass is 10.1. The number of hydrogen-bond acceptors (Lipinski definition) is 11. The highest BCUT2D eigenvalue weighted by Crippen LogP contribution is 2.33. The number of carbonyl (C=O) groups is 1. The van der Waals surface area contributed by atoms with E-state index < -0.39 is 15.7 Å². The third kappa shape index (κ3) is 5.51. The van der Waals surface area contributed by atoms with Crippen LogP contribution >= 0.6 is 11.3 Å². The summed E-state index contributed by atoms with van der Waals surface area (Å²) in [6.45, 7) is 2.66. The van der Waals surface area contributed by atoms with Gasteiger partial charge in [0.05, 0.1) is 23.4 Å². The van der Waals surface area contributed by atoms with Crippen LogP contribution in [0.1, 0.15) is 31.2 Å². The molecule has 2 N–H and O–H groups in total. The molecule has 38 heavy (non-hydrogen) atoms. The topological polar surface area (TPSA) is 141 Å². The first-order valence-corrected chi connectivity index (χ1v) is 14.9. The number of nitrogens with zero attached hydrogens (tertiary/aromatic N) is 3. The van der Waals surface area contributed by atoms with Crippen LogP contribution in [0.5, 0.6) is 5.88 Å². The zero-order valence-corrected chi connectivity index (χ0v) is 22.1. The first kappa shape index (κ1) is 25.2. The summed E-state index contributed by atoms with van der Waals surface area (Å²) in [5.41, 5.74) is 1.07. The third-order valence-corrected chi connectivity index (χ3v) is 9.73. The average molecular weight is 558 g/mol. The summed E-state index contributed by atoms with van der Waals surface area (Å²) in [7, 11) is -3.35. The van der Waals surface area contributed by atoms with Gasteiger partial charge in [0.15, 0.2) is 26.8 Å². The fourth-order valence-corrected chi connectivity index (χ4v) is 6.78. The molecule has 11 nitrogen and oxygen atoms in total. The number of amides is 1. The molecule has 3 aromatic rings. The molecule has 3 aliphatic rings. The normalized spacial score (nSPS) is 22.1. The number of benzene rings is 1. The molecule has 1 aliphatic carbocycles. The van der Waals surface area contributed by atoms with E-state index in [1.165, 1.54) is 23.5 Å². The molecule has 4 heterocycles. The number of hydrogen-bond donors (Lipinski definition) is 2. The number of anilines is 1. The number of pyridine rings is 1. The number of aromatic nitrogens is 2. The Labute approximate surface area is 223 Å². The van der Waals surface area contributed by atoms with Gasteiger partial charge in [-0.3, -0.25) is 10.1 Å². The molecule has 2 saturated heterocycles. The molecule has 0 unspecified atom stereocenters. The Balaban J connectivity index is 1.22. The van der Waals surface area contributed by atoms with Crippen molar-refractivity contribution in [3.8, 4) is 5.88 Å². The van der Waals surface area contributed by atoms with Gasteiger partial charge in [-0.15, -0.1) is 0 Å². The molecular formula is C25H27N5O6S2. The molecule has 13 heteroatoms. The van der Waals surface area contributed by atoms with E-state index in [0.29, 0.717) is 59.4 Å². The third-order valence-electron chi connectivity index (χ3n) is 6.57. The van der Waals surface area contributed by atoms with Crippen LogP contribution in [0, 0.1) is 0 Å². The maximum atomic E-state index is 13.3. The summed E-state index contributed by atoms with van der Waals surface area (Å²) in [4.78, 5) is 28.8. The van der Waals surface area contributed by atoms with Crippen molar-refractivity contribution in [3.05, 3.63) is 42.0 Å². The molecule has 200 valence electrons. The van der Waals surface area contributed by atoms with E-state index in [1.54, 1.807) is 18.2 Å². The summed E-state index contributed by atoms with van der Waals surface area (Å²) >= 11 is 1.22. The smallest absolute Gasteiger partial charge is 0.280 e. The van der Waals surface area contributed by atoms with Gasteiger partial charge in [0.25, 0.3) is 5.91 Å². The summed E-state index contributed by atoms with van der Waals surface area (Å²) in [5, 5.41) is 10.2. The molecule has 3 fully saturated rings. The van der Waals surface area contributed by atoms with E-state index in [-0.39, 0.29) is 28.1 Å². The molecule has 2 atom stereocenters. The van der Waals surface area contributed by atoms with E-state index >= 15 is 0 Å². The largest absolute Gasteiger partial charge is 0.473 e. The van der Waals surface area contributed by atoms with Crippen molar-refractivity contribution in [2.24, 2.45) is 5.16 Å². The lowest BCUT2D eigenvalue weighted by Gasteiger charge is -2.10. The van der Waals surface area contributed by atoms with Gasteiger partial charge in [-0.25, -0.2) is 18.4 Å². The number of ether oxygens (including phenoxy) is 2. The van der Waals surface area contributed by atoms with Crippen LogP contribution in [0.3, 0.4) is 0 Å². The molecule has 6 rings (SSSR count). The van der Waals surface area contributed by atoms with E-state index in [0.717, 1.165) is 19.5 Å². The summed E-state index contributed by atoms with van der Waals surface area (Å²) in [6.07, 6.45) is 2.78. The Morgan fingerprint density at radius 3 is 2.63 bits per heavy atom. The number of sulfone groups is 1. The van der Waals surface area contributed by atoms with Crippen molar-refractivity contribution in [1.29, 1.82) is 0 Å². The van der Waals surface area contributed by atoms with Crippen LogP contribution in [-0.4, -0.2) is 73.8 Å². The Morgan fingerprint density at radius 1 is 1.08 bits per heavy atom. The molecule has 1 saturated carbocycles. The predicted octanol–water partition coefficient (Wildman–Crippen LogP) is 2.52. The standard InChI is InChI=1S/C25H27N5O6S2/c31-23(29-25-27-20-7-8-21(28-24(20)37-25)35-16-9-11-26-13-16)22(30-36-17-10-12-34-14-17)15-1-3-18(4-2-15)38(32,33)19-5-6-19/h1-4,7-8,16-17,19,26H,5-6,9-14H2,(H,27,29,31)/b30-22+/t16-,17-/m1/s1. The Bertz CT molecular complexity index is 1460. The number of nitrogens with one attached hydrogen (secondary N) is 2. The summed E-state index contributed by atoms with van der Waals surface area (Å²) in [5.74, 6) is -0.0160. The highest BCUT2D eigenvalue weighted by molar-refractivity contribution is 7.92. The Hall–Kier alpha value is -3.13. The zero-order valence-electron chi connectivity index (χ0n) is 20.5. The summed E-state index contributed by atoms with van der Waals surface area (Å²) < 4.78 is 36.4. The number of carbonyl (C=O) groups excluding carboxylic acids is 1. The number of oxime groups is 1. The lowest BCUT2D eigenvalue weighted by Crippen LogP contribution is -2.25. The van der Waals surface area contributed by atoms with Gasteiger partial charge in [-0.05, 0) is 44.0 Å². The molecule has 1 aromatic carbocycles. The molecule has 0 bridgehead atoms. The zero-order chi connectivity index (χ0) is 26.1. The Morgan fingerprint density at radius 2 is 1.92 bits per heavy atom. The van der Waals surface area contributed by atoms with Crippen LogP contribution in [0.4, 0.5) is 5.13 Å². The van der Waals surface area contributed by atoms with Crippen LogP contribution < -0.4 is 15.4 Å². The molecule has 0 radical (unpaired) electrons. The van der Waals surface area contributed by atoms with Crippen LogP contribution in [0.15, 0.2) is 46.4 Å². The maximum absolute atomic E-state index is 13.3. The first-order valence-electron chi connectivity index (χ1n) is 12.6. The van der Waals surface area contributed by atoms with Gasteiger partial charge < -0.3 is 19.6 Å². The molecule has 1 amide bonds. The summed E-state index contributed by atoms with van der Waals surface area (Å²) in [6, 6.07) is 9.74. The molecule has 2 aliphatic heterocycles. The fraction of sp³-hybridized carbons (Fsp3) is 0.440. The van der Waals surface area contributed by atoms with E-state index in [9.17, 15) is 13.2 Å². The highest BCUT2D eigenvalue weighted by Gasteiger charge is 2.37. The van der Waals surface area contributed by atoms with E-state index in [4.69, 9.17) is 14.3 Å². The second kappa shape index (κ2) is 10.6. The average Bonchev–Trinajstić information content (AvgIpc) is 3.26. The second-order valence-corrected chi connectivity index (χ2v) is 12.7. The number of thiazole rings is 1. The van der Waals surface area contributed by atoms with Gasteiger partial charge in [0.2, 0.25) is 5.88 Å². The highest BCUT2D eigenvalue weighted by atomic mass is 32.2. The first-order chi connectivity index (χ1) is 18.5. The minimum Gasteiger partial charge on any atom is -0.473 e. The predicted molar refractivity (Wildman–Crippen MR) is 141 cm³/mol. The van der Waals surface area contributed by atoms with Gasteiger partial charge >= 0.3 is 0 Å². The van der Waals surface area contributed by atoms with Crippen molar-refractivity contribution in [1.82, 2.24) is 15.3 Å². The SMILES string of the molecule is O=C(Nc1nc2ccc(O[C@@H]3CCNC3)nc2s1)/C(=N/O[C@@H]1CCOC1)c1ccc(S(=O)(=O)C2CC2)cc1. The van der Waals surface area contributed by atoms with Gasteiger partial charge in [0, 0.05) is 24.6 Å². The maximum Gasteiger partial charge on any atom is 0.280 e. The van der Waals surface area contributed by atoms with Crippen LogP contribution in [-0.2, 0) is 24.2 Å². The van der Waals surface area contributed by atoms with Crippen molar-refractivity contribution in [3.63, 3.8) is 0 Å². The second-order valence-electron chi connectivity index (χ2n) is 9.48. The lowest BCUT2D eigenvalue weighted by molar-refractivity contribution is -0.110. The fourth-order valence-electron chi connectivity index (χ4n) is 4.30. The van der Waals surface area contributed by atoms with Crippen LogP contribution in [0.25, 0.3) is 10.3 Å². The van der Waals surface area contributed by atoms with Gasteiger partial charge in [-0.1, -0.05) is 28.6 Å². The number of rotatable bonds is 9. The quantitative estimate of drug-likeness (QED) is 0.300. The minimum absolute atomic E-state index is 0.0113. The van der Waals surface area contributed by atoms with E-state index in [2.05, 4.69) is 25.8 Å². The van der Waals surface area contributed by atoms with Gasteiger partial charge in [-0.2, -0.15) is 0 Å². The molecular weight excluding hydrogens is 530 g/mol. The monoisotopic (exact) mass is 557 g/mol. The number of fused-ring (bicyclic) bond motifs is 1. The van der Waals surface area contributed by atoms with Gasteiger partial charge in [0.1, 0.15) is 16.5 Å². The van der Waals surface area contributed by atoms with Crippen molar-refractivity contribution in [2.45, 2.75) is 48.0 Å². The van der Waals surface area contributed by atoms with E-state index in [1.807, 2.05) is 6.07 Å². The molecule has 0 spiro atoms. The van der Waals surface area contributed by atoms with Crippen LogP contribution in [0.2, 0.25) is 0 Å². The Kier molecular flexibility index (Phi) is 6.99. The van der Waals surface area contributed by atoms with Crippen molar-refractivity contribution >= 4 is 48.3 Å². The van der Waals surface area contributed by atoms with Crippen molar-refractivity contribution < 1.29 is 27.5 Å².